The quantitative estimate of drug-likeness (QED) is 0.636. The Labute approximate surface area is 178 Å². The fourth-order valence-corrected chi connectivity index (χ4v) is 4.96. The smallest absolute Gasteiger partial charge is 0.349 e. The highest BCUT2D eigenvalue weighted by Gasteiger charge is 2.38. The largest absolute Gasteiger partial charge is 0.434 e. The lowest BCUT2D eigenvalue weighted by Crippen LogP contribution is -2.31. The Balaban J connectivity index is 1.57. The standard InChI is InChI=1S/C19H15Cl2N5O4/c20-11-5-10(26-19(29)23-13(27)7-22-26)6-12(21)16(11)30-18-15-9-3-1-8(2-4-9)14(15)17(28)24-25-18/h5-9H,1-4H2,(H,24,28)(H,23,27,29). The van der Waals surface area contributed by atoms with E-state index >= 15 is 0 Å². The van der Waals surface area contributed by atoms with Gasteiger partial charge in [-0.3, -0.25) is 14.6 Å². The summed E-state index contributed by atoms with van der Waals surface area (Å²) in [4.78, 5) is 37.7. The minimum absolute atomic E-state index is 0.125. The van der Waals surface area contributed by atoms with Crippen molar-refractivity contribution in [2.75, 3.05) is 0 Å². The van der Waals surface area contributed by atoms with Crippen LogP contribution in [0.3, 0.4) is 0 Å². The van der Waals surface area contributed by atoms with Crippen LogP contribution in [0.5, 0.6) is 11.6 Å². The monoisotopic (exact) mass is 447 g/mol. The van der Waals surface area contributed by atoms with Gasteiger partial charge in [-0.25, -0.2) is 9.89 Å². The predicted molar refractivity (Wildman–Crippen MR) is 109 cm³/mol. The van der Waals surface area contributed by atoms with Crippen LogP contribution in [-0.4, -0.2) is 25.0 Å². The Hall–Kier alpha value is -2.91. The van der Waals surface area contributed by atoms with E-state index in [2.05, 4.69) is 20.3 Å². The fraction of sp³-hybridized carbons (Fsp3) is 0.316. The third kappa shape index (κ3) is 3.05. The van der Waals surface area contributed by atoms with Crippen molar-refractivity contribution in [1.82, 2.24) is 25.0 Å². The van der Waals surface area contributed by atoms with E-state index in [9.17, 15) is 14.4 Å². The van der Waals surface area contributed by atoms with Crippen LogP contribution in [-0.2, 0) is 0 Å². The lowest BCUT2D eigenvalue weighted by atomic mass is 9.68. The number of nitrogens with one attached hydrogen (secondary N) is 2. The SMILES string of the molecule is O=c1cnn(-c2cc(Cl)c(Oc3n[nH]c(=O)c4c3C3CCC4CC3)c(Cl)c2)c(=O)[nH]1. The maximum atomic E-state index is 12.4. The number of fused-ring (bicyclic) bond motifs is 2. The maximum Gasteiger partial charge on any atom is 0.349 e. The van der Waals surface area contributed by atoms with Crippen LogP contribution in [0.15, 0.2) is 32.7 Å². The van der Waals surface area contributed by atoms with Gasteiger partial charge >= 0.3 is 5.69 Å². The molecule has 1 fully saturated rings. The zero-order valence-corrected chi connectivity index (χ0v) is 17.0. The van der Waals surface area contributed by atoms with Gasteiger partial charge in [0.25, 0.3) is 11.1 Å². The highest BCUT2D eigenvalue weighted by atomic mass is 35.5. The summed E-state index contributed by atoms with van der Waals surface area (Å²) in [5, 5.41) is 10.7. The van der Waals surface area contributed by atoms with E-state index in [1.165, 1.54) is 12.1 Å². The molecule has 11 heteroatoms. The number of rotatable bonds is 3. The third-order valence-electron chi connectivity index (χ3n) is 5.71. The maximum absolute atomic E-state index is 12.4. The van der Waals surface area contributed by atoms with Crippen LogP contribution < -0.4 is 21.5 Å². The Morgan fingerprint density at radius 3 is 2.27 bits per heavy atom. The van der Waals surface area contributed by atoms with Gasteiger partial charge in [-0.2, -0.15) is 9.78 Å². The second kappa shape index (κ2) is 7.10. The lowest BCUT2D eigenvalue weighted by Gasteiger charge is -2.37. The molecule has 2 heterocycles. The first-order chi connectivity index (χ1) is 14.4. The number of hydrogen-bond acceptors (Lipinski definition) is 6. The molecule has 0 aliphatic heterocycles. The molecule has 154 valence electrons. The number of ether oxygens (including phenoxy) is 1. The average Bonchev–Trinajstić information content (AvgIpc) is 2.72. The number of benzene rings is 1. The molecule has 3 aliphatic rings. The molecule has 0 unspecified atom stereocenters. The van der Waals surface area contributed by atoms with E-state index in [4.69, 9.17) is 27.9 Å². The van der Waals surface area contributed by atoms with Gasteiger partial charge in [0.15, 0.2) is 5.75 Å². The molecule has 3 aliphatic carbocycles. The Kier molecular flexibility index (Phi) is 4.52. The molecule has 0 saturated heterocycles. The van der Waals surface area contributed by atoms with E-state index in [1.54, 1.807) is 0 Å². The number of aromatic amines is 2. The average molecular weight is 448 g/mol. The van der Waals surface area contributed by atoms with Crippen molar-refractivity contribution in [2.45, 2.75) is 37.5 Å². The molecule has 6 rings (SSSR count). The number of nitrogens with zero attached hydrogens (tertiary/aromatic N) is 3. The molecule has 1 aromatic carbocycles. The molecule has 0 radical (unpaired) electrons. The van der Waals surface area contributed by atoms with Crippen LogP contribution in [0.1, 0.15) is 48.6 Å². The zero-order chi connectivity index (χ0) is 21.0. The summed E-state index contributed by atoms with van der Waals surface area (Å²) in [7, 11) is 0. The first-order valence-corrected chi connectivity index (χ1v) is 10.2. The number of hydrogen-bond donors (Lipinski definition) is 2. The predicted octanol–water partition coefficient (Wildman–Crippen LogP) is 2.86. The highest BCUT2D eigenvalue weighted by Crippen LogP contribution is 2.51. The van der Waals surface area contributed by atoms with E-state index in [0.717, 1.165) is 47.7 Å². The van der Waals surface area contributed by atoms with Crippen LogP contribution in [0.4, 0.5) is 0 Å². The highest BCUT2D eigenvalue weighted by molar-refractivity contribution is 6.37. The minimum Gasteiger partial charge on any atom is -0.434 e. The summed E-state index contributed by atoms with van der Waals surface area (Å²) in [5.74, 6) is 0.874. The second-order valence-corrected chi connectivity index (χ2v) is 8.24. The Morgan fingerprint density at radius 2 is 1.63 bits per heavy atom. The fourth-order valence-electron chi connectivity index (χ4n) is 4.41. The van der Waals surface area contributed by atoms with Gasteiger partial charge < -0.3 is 4.74 Å². The van der Waals surface area contributed by atoms with Crippen molar-refractivity contribution >= 4 is 23.2 Å². The first-order valence-electron chi connectivity index (χ1n) is 9.40. The molecule has 2 bridgehead atoms. The normalized spacial score (nSPS) is 19.5. The summed E-state index contributed by atoms with van der Waals surface area (Å²) in [5.41, 5.74) is 0.315. The van der Waals surface area contributed by atoms with Gasteiger partial charge in [-0.05, 0) is 49.7 Å². The first kappa shape index (κ1) is 19.1. The molecular weight excluding hydrogens is 433 g/mol. The number of aromatic nitrogens is 5. The molecule has 2 aromatic heterocycles. The molecular formula is C19H15Cl2N5O4. The molecule has 1 saturated carbocycles. The number of halogens is 2. The molecule has 3 aromatic rings. The molecule has 30 heavy (non-hydrogen) atoms. The minimum atomic E-state index is -0.726. The summed E-state index contributed by atoms with van der Waals surface area (Å²) < 4.78 is 6.94. The lowest BCUT2D eigenvalue weighted by molar-refractivity contribution is 0.334. The van der Waals surface area contributed by atoms with Crippen molar-refractivity contribution < 1.29 is 4.74 Å². The number of H-pyrrole nitrogens is 2. The second-order valence-electron chi connectivity index (χ2n) is 7.43. The van der Waals surface area contributed by atoms with Gasteiger partial charge in [-0.1, -0.05) is 23.2 Å². The molecule has 0 atom stereocenters. The van der Waals surface area contributed by atoms with Crippen LogP contribution in [0.2, 0.25) is 10.0 Å². The van der Waals surface area contributed by atoms with E-state index in [1.807, 2.05) is 0 Å². The van der Waals surface area contributed by atoms with Gasteiger partial charge in [0, 0.05) is 11.1 Å². The van der Waals surface area contributed by atoms with Crippen molar-refractivity contribution in [2.24, 2.45) is 0 Å². The van der Waals surface area contributed by atoms with Crippen LogP contribution in [0.25, 0.3) is 5.69 Å². The van der Waals surface area contributed by atoms with Gasteiger partial charge in [0.1, 0.15) is 6.20 Å². The van der Waals surface area contributed by atoms with Crippen LogP contribution in [0, 0.1) is 0 Å². The molecule has 2 N–H and O–H groups in total. The summed E-state index contributed by atoms with van der Waals surface area (Å²) in [6.07, 6.45) is 4.92. The van der Waals surface area contributed by atoms with Crippen LogP contribution >= 0.6 is 23.2 Å². The van der Waals surface area contributed by atoms with Crippen molar-refractivity contribution in [3.05, 3.63) is 70.7 Å². The van der Waals surface area contributed by atoms with E-state index in [0.29, 0.717) is 0 Å². The Bertz CT molecular complexity index is 1310. The Morgan fingerprint density at radius 1 is 1.00 bits per heavy atom. The summed E-state index contributed by atoms with van der Waals surface area (Å²) in [6.45, 7) is 0. The molecule has 0 amide bonds. The van der Waals surface area contributed by atoms with E-state index < -0.39 is 11.2 Å². The van der Waals surface area contributed by atoms with Gasteiger partial charge in [-0.15, -0.1) is 5.10 Å². The van der Waals surface area contributed by atoms with Crippen molar-refractivity contribution in [3.63, 3.8) is 0 Å². The third-order valence-corrected chi connectivity index (χ3v) is 6.27. The summed E-state index contributed by atoms with van der Waals surface area (Å²) >= 11 is 12.8. The molecule has 9 nitrogen and oxygen atoms in total. The topological polar surface area (TPSA) is 123 Å². The van der Waals surface area contributed by atoms with Crippen molar-refractivity contribution in [3.8, 4) is 17.3 Å². The zero-order valence-electron chi connectivity index (χ0n) is 15.4. The summed E-state index contributed by atoms with van der Waals surface area (Å²) in [6, 6.07) is 2.89. The molecule has 0 spiro atoms. The van der Waals surface area contributed by atoms with Crippen molar-refractivity contribution in [1.29, 1.82) is 0 Å². The van der Waals surface area contributed by atoms with E-state index in [-0.39, 0.29) is 44.8 Å². The van der Waals surface area contributed by atoms with Gasteiger partial charge in [0.05, 0.1) is 15.7 Å². The van der Waals surface area contributed by atoms with Gasteiger partial charge in [0.2, 0.25) is 5.88 Å².